The summed E-state index contributed by atoms with van der Waals surface area (Å²) in [5.74, 6) is -1.51. The minimum Gasteiger partial charge on any atom is -0.481 e. The maximum atomic E-state index is 11.6. The molecule has 1 heterocycles. The zero-order valence-electron chi connectivity index (χ0n) is 11.3. The van der Waals surface area contributed by atoms with Crippen LogP contribution in [0.25, 0.3) is 0 Å². The van der Waals surface area contributed by atoms with Gasteiger partial charge in [-0.25, -0.2) is 0 Å². The highest BCUT2D eigenvalue weighted by molar-refractivity contribution is 5.81. The van der Waals surface area contributed by atoms with Gasteiger partial charge in [0.15, 0.2) is 0 Å². The van der Waals surface area contributed by atoms with Crippen LogP contribution in [0.2, 0.25) is 0 Å². The summed E-state index contributed by atoms with van der Waals surface area (Å²) >= 11 is 0. The molecule has 1 aromatic carbocycles. The first-order valence-corrected chi connectivity index (χ1v) is 6.21. The van der Waals surface area contributed by atoms with E-state index < -0.39 is 11.9 Å². The number of aryl methyl sites for hydroxylation is 1. The second kappa shape index (κ2) is 5.22. The summed E-state index contributed by atoms with van der Waals surface area (Å²) in [4.78, 5) is 15.6. The molecule has 0 amide bonds. The smallest absolute Gasteiger partial charge is 0.315 e. The molecule has 0 aliphatic carbocycles. The zero-order chi connectivity index (χ0) is 14.0. The van der Waals surface area contributed by atoms with Gasteiger partial charge in [-0.1, -0.05) is 18.2 Å². The maximum absolute atomic E-state index is 11.6. The van der Waals surface area contributed by atoms with Crippen LogP contribution in [0.5, 0.6) is 0 Å². The van der Waals surface area contributed by atoms with Crippen LogP contribution in [-0.2, 0) is 4.79 Å². The van der Waals surface area contributed by atoms with E-state index in [1.807, 2.05) is 32.9 Å². The van der Waals surface area contributed by atoms with Gasteiger partial charge in [-0.15, -0.1) is 0 Å². The van der Waals surface area contributed by atoms with Crippen molar-refractivity contribution in [3.63, 3.8) is 0 Å². The Labute approximate surface area is 112 Å². The fraction of sp³-hybridized carbons (Fsp3) is 0.250. The third kappa shape index (κ3) is 2.50. The average molecular weight is 255 g/mol. The molecule has 1 unspecified atom stereocenters. The van der Waals surface area contributed by atoms with Gasteiger partial charge in [0.1, 0.15) is 5.92 Å². The van der Waals surface area contributed by atoms with Gasteiger partial charge in [-0.3, -0.25) is 9.78 Å². The van der Waals surface area contributed by atoms with Crippen LogP contribution in [0, 0.1) is 20.8 Å². The second-order valence-electron chi connectivity index (χ2n) is 4.78. The molecule has 19 heavy (non-hydrogen) atoms. The highest BCUT2D eigenvalue weighted by Gasteiger charge is 2.24. The van der Waals surface area contributed by atoms with E-state index in [1.54, 1.807) is 24.5 Å². The first-order valence-electron chi connectivity index (χ1n) is 6.21. The summed E-state index contributed by atoms with van der Waals surface area (Å²) in [6.07, 6.45) is 3.27. The monoisotopic (exact) mass is 255 g/mol. The Morgan fingerprint density at radius 1 is 1.16 bits per heavy atom. The van der Waals surface area contributed by atoms with E-state index in [2.05, 4.69) is 4.98 Å². The van der Waals surface area contributed by atoms with Crippen LogP contribution >= 0.6 is 0 Å². The maximum Gasteiger partial charge on any atom is 0.315 e. The number of carboxylic acids is 1. The molecule has 0 saturated heterocycles. The van der Waals surface area contributed by atoms with Crippen LogP contribution in [0.4, 0.5) is 0 Å². The normalized spacial score (nSPS) is 12.2. The number of benzene rings is 1. The topological polar surface area (TPSA) is 50.2 Å². The Morgan fingerprint density at radius 2 is 1.89 bits per heavy atom. The Bertz CT molecular complexity index is 606. The standard InChI is InChI=1S/C16H17NO2/c1-10-6-7-14(12(3)11(10)2)15(16(18)19)13-5-4-8-17-9-13/h4-9,15H,1-3H3,(H,18,19). The molecule has 0 aliphatic rings. The summed E-state index contributed by atoms with van der Waals surface area (Å²) in [5.41, 5.74) is 4.91. The summed E-state index contributed by atoms with van der Waals surface area (Å²) in [6.45, 7) is 6.03. The van der Waals surface area contributed by atoms with E-state index in [4.69, 9.17) is 0 Å². The first-order chi connectivity index (χ1) is 9.02. The largest absolute Gasteiger partial charge is 0.481 e. The van der Waals surface area contributed by atoms with Gasteiger partial charge < -0.3 is 5.11 Å². The first kappa shape index (κ1) is 13.3. The number of hydrogen-bond donors (Lipinski definition) is 1. The van der Waals surface area contributed by atoms with Gasteiger partial charge in [0.2, 0.25) is 0 Å². The average Bonchev–Trinajstić information content (AvgIpc) is 2.40. The summed E-state index contributed by atoms with van der Waals surface area (Å²) in [5, 5.41) is 9.54. The molecule has 2 rings (SSSR count). The highest BCUT2D eigenvalue weighted by atomic mass is 16.4. The Balaban J connectivity index is 2.59. The van der Waals surface area contributed by atoms with E-state index in [0.717, 1.165) is 16.7 Å². The van der Waals surface area contributed by atoms with Crippen LogP contribution in [0.3, 0.4) is 0 Å². The quantitative estimate of drug-likeness (QED) is 0.916. The number of pyridine rings is 1. The molecular formula is C16H17NO2. The SMILES string of the molecule is Cc1ccc(C(C(=O)O)c2cccnc2)c(C)c1C. The number of hydrogen-bond acceptors (Lipinski definition) is 2. The van der Waals surface area contributed by atoms with Crippen molar-refractivity contribution in [1.29, 1.82) is 0 Å². The number of aromatic nitrogens is 1. The van der Waals surface area contributed by atoms with Gasteiger partial charge in [0.25, 0.3) is 0 Å². The van der Waals surface area contributed by atoms with Crippen LogP contribution in [-0.4, -0.2) is 16.1 Å². The molecule has 0 bridgehead atoms. The lowest BCUT2D eigenvalue weighted by molar-refractivity contribution is -0.137. The third-order valence-electron chi connectivity index (χ3n) is 3.68. The number of carbonyl (C=O) groups is 1. The second-order valence-corrected chi connectivity index (χ2v) is 4.78. The molecule has 3 nitrogen and oxygen atoms in total. The molecule has 0 saturated carbocycles. The predicted octanol–water partition coefficient (Wildman–Crippen LogP) is 3.22. The van der Waals surface area contributed by atoms with Crippen molar-refractivity contribution in [3.05, 3.63) is 64.5 Å². The highest BCUT2D eigenvalue weighted by Crippen LogP contribution is 2.29. The number of rotatable bonds is 3. The minimum atomic E-state index is -0.848. The van der Waals surface area contributed by atoms with E-state index in [9.17, 15) is 9.90 Å². The molecule has 98 valence electrons. The number of aliphatic carboxylic acids is 1. The van der Waals surface area contributed by atoms with Crippen LogP contribution < -0.4 is 0 Å². The summed E-state index contributed by atoms with van der Waals surface area (Å²) in [6, 6.07) is 7.45. The molecule has 1 atom stereocenters. The molecule has 2 aromatic rings. The third-order valence-corrected chi connectivity index (χ3v) is 3.68. The molecule has 0 fully saturated rings. The molecule has 0 radical (unpaired) electrons. The van der Waals surface area contributed by atoms with E-state index in [1.165, 1.54) is 5.56 Å². The van der Waals surface area contributed by atoms with E-state index in [-0.39, 0.29) is 0 Å². The lowest BCUT2D eigenvalue weighted by Gasteiger charge is -2.18. The molecule has 1 N–H and O–H groups in total. The number of nitrogens with zero attached hydrogens (tertiary/aromatic N) is 1. The fourth-order valence-corrected chi connectivity index (χ4v) is 2.29. The lowest BCUT2D eigenvalue weighted by atomic mass is 9.86. The van der Waals surface area contributed by atoms with Crippen molar-refractivity contribution < 1.29 is 9.90 Å². The van der Waals surface area contributed by atoms with Crippen molar-refractivity contribution in [2.24, 2.45) is 0 Å². The minimum absolute atomic E-state index is 0.659. The summed E-state index contributed by atoms with van der Waals surface area (Å²) < 4.78 is 0. The van der Waals surface area contributed by atoms with Gasteiger partial charge in [0.05, 0.1) is 0 Å². The van der Waals surface area contributed by atoms with Gasteiger partial charge in [-0.2, -0.15) is 0 Å². The van der Waals surface area contributed by atoms with Crippen molar-refractivity contribution in [2.45, 2.75) is 26.7 Å². The molecule has 0 aliphatic heterocycles. The van der Waals surface area contributed by atoms with Crippen molar-refractivity contribution in [1.82, 2.24) is 4.98 Å². The van der Waals surface area contributed by atoms with Gasteiger partial charge in [-0.05, 0) is 54.7 Å². The molecule has 1 aromatic heterocycles. The van der Waals surface area contributed by atoms with Crippen molar-refractivity contribution in [2.75, 3.05) is 0 Å². The fourth-order valence-electron chi connectivity index (χ4n) is 2.29. The Hall–Kier alpha value is -2.16. The number of carboxylic acid groups (broad SMARTS) is 1. The zero-order valence-corrected chi connectivity index (χ0v) is 11.3. The van der Waals surface area contributed by atoms with Crippen molar-refractivity contribution in [3.8, 4) is 0 Å². The van der Waals surface area contributed by atoms with E-state index >= 15 is 0 Å². The van der Waals surface area contributed by atoms with Gasteiger partial charge in [0, 0.05) is 12.4 Å². The summed E-state index contributed by atoms with van der Waals surface area (Å²) in [7, 11) is 0. The van der Waals surface area contributed by atoms with E-state index in [0.29, 0.717) is 5.56 Å². The molecular weight excluding hydrogens is 238 g/mol. The Kier molecular flexibility index (Phi) is 3.65. The predicted molar refractivity (Wildman–Crippen MR) is 74.4 cm³/mol. The van der Waals surface area contributed by atoms with Gasteiger partial charge >= 0.3 is 5.97 Å². The Morgan fingerprint density at radius 3 is 2.47 bits per heavy atom. The van der Waals surface area contributed by atoms with Crippen LogP contribution in [0.1, 0.15) is 33.7 Å². The molecule has 3 heteroatoms. The van der Waals surface area contributed by atoms with Crippen LogP contribution in [0.15, 0.2) is 36.7 Å². The molecule has 0 spiro atoms. The lowest BCUT2D eigenvalue weighted by Crippen LogP contribution is -2.15. The van der Waals surface area contributed by atoms with Crippen molar-refractivity contribution >= 4 is 5.97 Å².